The summed E-state index contributed by atoms with van der Waals surface area (Å²) in [5, 5.41) is 0. The molecule has 0 unspecified atom stereocenters. The van der Waals surface area contributed by atoms with E-state index in [0.717, 1.165) is 11.1 Å². The number of carbonyl (C=O) groups excluding carboxylic acids is 2. The van der Waals surface area contributed by atoms with Gasteiger partial charge in [0.1, 0.15) is 0 Å². The lowest BCUT2D eigenvalue weighted by molar-refractivity contribution is -0.139. The molecule has 0 bridgehead atoms. The quantitative estimate of drug-likeness (QED) is 0.338. The van der Waals surface area contributed by atoms with Crippen LogP contribution in [-0.2, 0) is 14.3 Å². The number of fused-ring (bicyclic) bond motifs is 1. The second-order valence-corrected chi connectivity index (χ2v) is 9.57. The first kappa shape index (κ1) is 26.9. The van der Waals surface area contributed by atoms with Crippen LogP contribution in [0.2, 0.25) is 0 Å². The van der Waals surface area contributed by atoms with Crippen molar-refractivity contribution in [2.75, 3.05) is 20.8 Å². The fourth-order valence-electron chi connectivity index (χ4n) is 4.23. The maximum absolute atomic E-state index is 13.8. The predicted octanol–water partition coefficient (Wildman–Crippen LogP) is 3.05. The fraction of sp³-hybridized carbons (Fsp3) is 0.286. The molecule has 1 aliphatic heterocycles. The average molecular weight is 537 g/mol. The summed E-state index contributed by atoms with van der Waals surface area (Å²) in [7, 11) is 2.89. The molecule has 0 saturated heterocycles. The van der Waals surface area contributed by atoms with Crippen molar-refractivity contribution in [3.63, 3.8) is 0 Å². The van der Waals surface area contributed by atoms with Crippen LogP contribution in [-0.4, -0.2) is 37.3 Å². The number of thiazole rings is 1. The molecule has 0 saturated carbocycles. The molecule has 2 heterocycles. The molecule has 0 spiro atoms. The van der Waals surface area contributed by atoms with Crippen molar-refractivity contribution < 1.29 is 28.5 Å². The summed E-state index contributed by atoms with van der Waals surface area (Å²) in [6.07, 6.45) is 1.68. The van der Waals surface area contributed by atoms with Crippen molar-refractivity contribution in [1.82, 2.24) is 4.57 Å². The third kappa shape index (κ3) is 5.12. The van der Waals surface area contributed by atoms with Crippen LogP contribution in [0.3, 0.4) is 0 Å². The zero-order valence-electron chi connectivity index (χ0n) is 22.0. The lowest BCUT2D eigenvalue weighted by Crippen LogP contribution is -2.39. The zero-order valence-corrected chi connectivity index (χ0v) is 22.8. The normalized spacial score (nSPS) is 15.0. The van der Waals surface area contributed by atoms with Crippen LogP contribution in [0, 0.1) is 6.92 Å². The Balaban J connectivity index is 1.93. The Morgan fingerprint density at radius 1 is 1.08 bits per heavy atom. The number of ether oxygens (including phenoxy) is 4. The van der Waals surface area contributed by atoms with Crippen LogP contribution in [0.4, 0.5) is 0 Å². The first-order valence-corrected chi connectivity index (χ1v) is 12.7. The van der Waals surface area contributed by atoms with E-state index in [-0.39, 0.29) is 29.4 Å². The van der Waals surface area contributed by atoms with E-state index in [1.807, 2.05) is 31.2 Å². The lowest BCUT2D eigenvalue weighted by atomic mass is 9.95. The summed E-state index contributed by atoms with van der Waals surface area (Å²) in [4.78, 5) is 43.4. The number of methoxy groups -OCH3 is 2. The molecule has 38 heavy (non-hydrogen) atoms. The number of hydrogen-bond acceptors (Lipinski definition) is 9. The minimum absolute atomic E-state index is 0.148. The van der Waals surface area contributed by atoms with Crippen LogP contribution in [0.25, 0.3) is 6.08 Å². The summed E-state index contributed by atoms with van der Waals surface area (Å²) in [6.45, 7) is 6.93. The Labute approximate surface area is 223 Å². The number of benzene rings is 2. The van der Waals surface area contributed by atoms with Crippen LogP contribution in [0.5, 0.6) is 17.2 Å². The number of aromatic nitrogens is 1. The standard InChI is InChI=1S/C28H28N2O7S/c1-7-36-27(33)23-16(3)29-28-30(24(23)19-10-8-15(2)9-11-19)26(32)22(38-28)14-18-12-20(34-5)25(37-17(4)31)21(13-18)35-6/h8-14,24H,7H2,1-6H3/b22-14-/t24-/m1/s1. The van der Waals surface area contributed by atoms with Crippen LogP contribution < -0.4 is 29.1 Å². The number of allylic oxidation sites excluding steroid dienone is 1. The summed E-state index contributed by atoms with van der Waals surface area (Å²) >= 11 is 1.21. The first-order chi connectivity index (χ1) is 18.2. The van der Waals surface area contributed by atoms with Gasteiger partial charge in [-0.15, -0.1) is 0 Å². The Morgan fingerprint density at radius 2 is 1.71 bits per heavy atom. The van der Waals surface area contributed by atoms with Gasteiger partial charge in [-0.05, 0) is 50.1 Å². The number of carbonyl (C=O) groups is 2. The molecule has 1 atom stereocenters. The maximum atomic E-state index is 13.8. The summed E-state index contributed by atoms with van der Waals surface area (Å²) in [5.74, 6) is -0.334. The van der Waals surface area contributed by atoms with E-state index < -0.39 is 18.0 Å². The highest BCUT2D eigenvalue weighted by molar-refractivity contribution is 7.07. The molecule has 4 rings (SSSR count). The minimum atomic E-state index is -0.691. The van der Waals surface area contributed by atoms with Gasteiger partial charge in [0.05, 0.1) is 42.7 Å². The van der Waals surface area contributed by atoms with E-state index in [9.17, 15) is 14.4 Å². The van der Waals surface area contributed by atoms with E-state index in [0.29, 0.717) is 26.2 Å². The summed E-state index contributed by atoms with van der Waals surface area (Å²) in [6, 6.07) is 10.3. The van der Waals surface area contributed by atoms with Crippen molar-refractivity contribution in [3.05, 3.63) is 84.0 Å². The number of nitrogens with zero attached hydrogens (tertiary/aromatic N) is 2. The molecular weight excluding hydrogens is 508 g/mol. The van der Waals surface area contributed by atoms with Gasteiger partial charge in [-0.3, -0.25) is 14.2 Å². The first-order valence-electron chi connectivity index (χ1n) is 11.9. The van der Waals surface area contributed by atoms with E-state index >= 15 is 0 Å². The van der Waals surface area contributed by atoms with Crippen molar-refractivity contribution in [1.29, 1.82) is 0 Å². The third-order valence-electron chi connectivity index (χ3n) is 5.94. The number of aryl methyl sites for hydroxylation is 1. The predicted molar refractivity (Wildman–Crippen MR) is 142 cm³/mol. The van der Waals surface area contributed by atoms with Crippen molar-refractivity contribution in [2.45, 2.75) is 33.7 Å². The van der Waals surface area contributed by atoms with Crippen molar-refractivity contribution >= 4 is 29.4 Å². The van der Waals surface area contributed by atoms with Gasteiger partial charge in [0, 0.05) is 6.92 Å². The molecule has 0 amide bonds. The lowest BCUT2D eigenvalue weighted by Gasteiger charge is -2.24. The van der Waals surface area contributed by atoms with Gasteiger partial charge in [-0.2, -0.15) is 0 Å². The van der Waals surface area contributed by atoms with E-state index in [1.165, 1.54) is 37.0 Å². The molecule has 1 aliphatic rings. The zero-order chi connectivity index (χ0) is 27.6. The molecule has 2 aromatic carbocycles. The Kier molecular flexibility index (Phi) is 7.82. The van der Waals surface area contributed by atoms with Crippen molar-refractivity contribution in [3.8, 4) is 17.2 Å². The maximum Gasteiger partial charge on any atom is 0.338 e. The van der Waals surface area contributed by atoms with Gasteiger partial charge in [-0.1, -0.05) is 41.2 Å². The monoisotopic (exact) mass is 536 g/mol. The van der Waals surface area contributed by atoms with Gasteiger partial charge in [0.2, 0.25) is 5.75 Å². The highest BCUT2D eigenvalue weighted by Gasteiger charge is 2.33. The largest absolute Gasteiger partial charge is 0.493 e. The molecule has 198 valence electrons. The Morgan fingerprint density at radius 3 is 2.26 bits per heavy atom. The SMILES string of the molecule is CCOC(=O)C1=C(C)N=c2s/c(=C\c3cc(OC)c(OC(C)=O)c(OC)c3)c(=O)n2[C@@H]1c1ccc(C)cc1. The van der Waals surface area contributed by atoms with Gasteiger partial charge < -0.3 is 18.9 Å². The number of rotatable bonds is 7. The van der Waals surface area contributed by atoms with Crippen LogP contribution >= 0.6 is 11.3 Å². The van der Waals surface area contributed by atoms with Crippen LogP contribution in [0.15, 0.2) is 57.5 Å². The minimum Gasteiger partial charge on any atom is -0.493 e. The van der Waals surface area contributed by atoms with Crippen molar-refractivity contribution in [2.24, 2.45) is 4.99 Å². The third-order valence-corrected chi connectivity index (χ3v) is 6.92. The van der Waals surface area contributed by atoms with Gasteiger partial charge in [0.25, 0.3) is 5.56 Å². The Hall–Kier alpha value is -4.18. The van der Waals surface area contributed by atoms with Gasteiger partial charge in [-0.25, -0.2) is 9.79 Å². The summed E-state index contributed by atoms with van der Waals surface area (Å²) in [5.41, 5.74) is 2.93. The van der Waals surface area contributed by atoms with E-state index in [4.69, 9.17) is 18.9 Å². The second kappa shape index (κ2) is 11.1. The topological polar surface area (TPSA) is 105 Å². The molecule has 1 aromatic heterocycles. The molecule has 0 N–H and O–H groups in total. The summed E-state index contributed by atoms with van der Waals surface area (Å²) < 4.78 is 23.3. The van der Waals surface area contributed by atoms with E-state index in [2.05, 4.69) is 4.99 Å². The fourth-order valence-corrected chi connectivity index (χ4v) is 5.28. The average Bonchev–Trinajstić information content (AvgIpc) is 3.18. The van der Waals surface area contributed by atoms with Gasteiger partial charge in [0.15, 0.2) is 16.3 Å². The molecule has 10 heteroatoms. The highest BCUT2D eigenvalue weighted by atomic mass is 32.1. The number of esters is 2. The molecular formula is C28H28N2O7S. The molecule has 0 fully saturated rings. The molecule has 9 nitrogen and oxygen atoms in total. The van der Waals surface area contributed by atoms with E-state index in [1.54, 1.807) is 32.1 Å². The van der Waals surface area contributed by atoms with Crippen LogP contribution in [0.1, 0.15) is 43.5 Å². The molecule has 0 aliphatic carbocycles. The van der Waals surface area contributed by atoms with Gasteiger partial charge >= 0.3 is 11.9 Å². The molecule has 0 radical (unpaired) electrons. The number of hydrogen-bond donors (Lipinski definition) is 0. The Bertz CT molecular complexity index is 1590. The highest BCUT2D eigenvalue weighted by Crippen LogP contribution is 2.39. The smallest absolute Gasteiger partial charge is 0.338 e. The second-order valence-electron chi connectivity index (χ2n) is 8.56. The molecule has 3 aromatic rings.